The van der Waals surface area contributed by atoms with Crippen LogP contribution in [0, 0.1) is 0 Å². The van der Waals surface area contributed by atoms with Crippen molar-refractivity contribution in [2.24, 2.45) is 10.7 Å². The monoisotopic (exact) mass is 515 g/mol. The van der Waals surface area contributed by atoms with E-state index in [1.807, 2.05) is 12.1 Å². The molecule has 35 heavy (non-hydrogen) atoms. The Morgan fingerprint density at radius 3 is 2.29 bits per heavy atom. The van der Waals surface area contributed by atoms with Crippen LogP contribution in [0.15, 0.2) is 53.5 Å². The van der Waals surface area contributed by atoms with Gasteiger partial charge < -0.3 is 26.1 Å². The summed E-state index contributed by atoms with van der Waals surface area (Å²) in [5, 5.41) is 9.74. The van der Waals surface area contributed by atoms with Gasteiger partial charge >= 0.3 is 0 Å². The van der Waals surface area contributed by atoms with Crippen molar-refractivity contribution in [3.8, 4) is 0 Å². The lowest BCUT2D eigenvalue weighted by molar-refractivity contribution is -0.129. The van der Waals surface area contributed by atoms with Crippen molar-refractivity contribution in [3.63, 3.8) is 0 Å². The number of carbonyl (C=O) groups excluding carboxylic acids is 2. The second kappa shape index (κ2) is 10.4. The van der Waals surface area contributed by atoms with E-state index < -0.39 is 31.7 Å². The first-order valence-electron chi connectivity index (χ1n) is 11.5. The molecule has 0 radical (unpaired) electrons. The van der Waals surface area contributed by atoms with E-state index in [0.29, 0.717) is 29.4 Å². The summed E-state index contributed by atoms with van der Waals surface area (Å²) < 4.78 is 6.19. The summed E-state index contributed by atoms with van der Waals surface area (Å²) in [4.78, 5) is 29.8. The lowest BCUT2D eigenvalue weighted by Crippen LogP contribution is -2.59. The van der Waals surface area contributed by atoms with Gasteiger partial charge in [-0.05, 0) is 60.1 Å². The zero-order valence-corrected chi connectivity index (χ0v) is 22.6. The van der Waals surface area contributed by atoms with Gasteiger partial charge in [-0.3, -0.25) is 14.6 Å². The van der Waals surface area contributed by atoms with E-state index in [9.17, 15) is 9.59 Å². The molecule has 0 fully saturated rings. The number of amides is 2. The number of nitrogens with one attached hydrogen (secondary N) is 3. The van der Waals surface area contributed by atoms with Gasteiger partial charge in [-0.2, -0.15) is 0 Å². The van der Waals surface area contributed by atoms with E-state index in [4.69, 9.17) is 21.8 Å². The van der Waals surface area contributed by atoms with Gasteiger partial charge in [0.2, 0.25) is 0 Å². The average molecular weight is 516 g/mol. The maximum Gasteiger partial charge on any atom is 0.252 e. The maximum absolute atomic E-state index is 13.1. The Morgan fingerprint density at radius 2 is 1.71 bits per heavy atom. The molecule has 2 amide bonds. The third-order valence-corrected chi connectivity index (χ3v) is 11.5. The number of halogens is 1. The lowest BCUT2D eigenvalue weighted by Gasteiger charge is -2.36. The molecule has 1 aliphatic heterocycles. The van der Waals surface area contributed by atoms with Crippen molar-refractivity contribution in [1.82, 2.24) is 5.32 Å². The Balaban J connectivity index is 1.62. The Hall–Kier alpha value is -2.88. The fourth-order valence-electron chi connectivity index (χ4n) is 3.57. The second-order valence-corrected chi connectivity index (χ2v) is 15.4. The van der Waals surface area contributed by atoms with Crippen LogP contribution in [-0.4, -0.2) is 45.7 Å². The van der Waals surface area contributed by atoms with Crippen LogP contribution < -0.4 is 21.7 Å². The van der Waals surface area contributed by atoms with Crippen LogP contribution >= 0.6 is 11.6 Å². The normalized spacial score (nSPS) is 19.8. The van der Waals surface area contributed by atoms with Crippen molar-refractivity contribution in [1.29, 1.82) is 0 Å². The van der Waals surface area contributed by atoms with Crippen LogP contribution in [0.2, 0.25) is 23.2 Å². The summed E-state index contributed by atoms with van der Waals surface area (Å²) >= 11 is 5.98. The molecule has 5 N–H and O–H groups in total. The SMILES string of the molecule is CC(C)(C)[Si](C)(C)OCCNc1ccc(NC(=O)C2N=CNC2(C(N)=O)c2ccc(Cl)cc2)cc1. The van der Waals surface area contributed by atoms with Crippen LogP contribution in [0.3, 0.4) is 0 Å². The van der Waals surface area contributed by atoms with Crippen LogP contribution in [0.25, 0.3) is 0 Å². The van der Waals surface area contributed by atoms with Gasteiger partial charge in [0, 0.05) is 22.9 Å². The summed E-state index contributed by atoms with van der Waals surface area (Å²) in [7, 11) is -1.77. The van der Waals surface area contributed by atoms with Crippen LogP contribution in [0.5, 0.6) is 0 Å². The Kier molecular flexibility index (Phi) is 7.93. The highest BCUT2D eigenvalue weighted by atomic mass is 35.5. The standard InChI is InChI=1S/C25H34ClN5O3Si/c1-24(2,3)35(4,5)34-15-14-28-19-10-12-20(13-11-19)31-22(32)21-25(23(27)33,30-16-29-21)17-6-8-18(26)9-7-17/h6-13,16,21,28H,14-15H2,1-5H3,(H2,27,33)(H,29,30)(H,31,32). The number of hydrogen-bond donors (Lipinski definition) is 4. The van der Waals surface area contributed by atoms with E-state index in [0.717, 1.165) is 5.69 Å². The number of primary amides is 1. The van der Waals surface area contributed by atoms with Gasteiger partial charge in [0.15, 0.2) is 19.9 Å². The molecule has 2 aromatic rings. The number of rotatable bonds is 9. The van der Waals surface area contributed by atoms with E-state index in [1.165, 1.54) is 6.34 Å². The highest BCUT2D eigenvalue weighted by molar-refractivity contribution is 6.74. The highest BCUT2D eigenvalue weighted by Gasteiger charge is 2.52. The van der Waals surface area contributed by atoms with Gasteiger partial charge in [-0.25, -0.2) is 0 Å². The van der Waals surface area contributed by atoms with Crippen molar-refractivity contribution in [3.05, 3.63) is 59.1 Å². The molecule has 0 saturated heterocycles. The highest BCUT2D eigenvalue weighted by Crippen LogP contribution is 2.36. The van der Waals surface area contributed by atoms with Gasteiger partial charge in [-0.1, -0.05) is 44.5 Å². The third kappa shape index (κ3) is 5.86. The molecule has 2 unspecified atom stereocenters. The molecule has 2 aromatic carbocycles. The molecule has 0 saturated carbocycles. The van der Waals surface area contributed by atoms with Gasteiger partial charge in [0.05, 0.1) is 12.9 Å². The molecular formula is C25H34ClN5O3Si. The number of nitrogens with two attached hydrogens (primary N) is 1. The molecule has 0 aliphatic carbocycles. The molecule has 3 rings (SSSR count). The van der Waals surface area contributed by atoms with Crippen LogP contribution in [0.4, 0.5) is 11.4 Å². The van der Waals surface area contributed by atoms with Gasteiger partial charge in [0.25, 0.3) is 11.8 Å². The Labute approximate surface area is 212 Å². The molecule has 0 aromatic heterocycles. The summed E-state index contributed by atoms with van der Waals surface area (Å²) in [6.45, 7) is 12.4. The zero-order valence-electron chi connectivity index (χ0n) is 20.8. The predicted molar refractivity (Wildman–Crippen MR) is 144 cm³/mol. The van der Waals surface area contributed by atoms with Crippen LogP contribution in [-0.2, 0) is 19.6 Å². The topological polar surface area (TPSA) is 118 Å². The van der Waals surface area contributed by atoms with E-state index in [2.05, 4.69) is 54.8 Å². The smallest absolute Gasteiger partial charge is 0.252 e. The first kappa shape index (κ1) is 26.7. The number of anilines is 2. The largest absolute Gasteiger partial charge is 0.415 e. The van der Waals surface area contributed by atoms with E-state index in [1.54, 1.807) is 36.4 Å². The zero-order chi connectivity index (χ0) is 25.9. The lowest BCUT2D eigenvalue weighted by atomic mass is 9.82. The van der Waals surface area contributed by atoms with Crippen molar-refractivity contribution < 1.29 is 14.0 Å². The maximum atomic E-state index is 13.1. The molecule has 0 spiro atoms. The molecular weight excluding hydrogens is 482 g/mol. The predicted octanol–water partition coefficient (Wildman–Crippen LogP) is 4.09. The number of aliphatic imine (C=N–C) groups is 1. The quantitative estimate of drug-likeness (QED) is 0.296. The van der Waals surface area contributed by atoms with E-state index >= 15 is 0 Å². The third-order valence-electron chi connectivity index (χ3n) is 6.72. The average Bonchev–Trinajstić information content (AvgIpc) is 3.24. The molecule has 1 heterocycles. The summed E-state index contributed by atoms with van der Waals surface area (Å²) in [5.74, 6) is -1.17. The van der Waals surface area contributed by atoms with Crippen LogP contribution in [0.1, 0.15) is 26.3 Å². The summed E-state index contributed by atoms with van der Waals surface area (Å²) in [6, 6.07) is 12.8. The van der Waals surface area contributed by atoms with E-state index in [-0.39, 0.29) is 5.04 Å². The molecule has 2 atom stereocenters. The molecule has 8 nitrogen and oxygen atoms in total. The number of carbonyl (C=O) groups is 2. The molecule has 188 valence electrons. The fraction of sp³-hybridized carbons (Fsp3) is 0.400. The number of hydrogen-bond acceptors (Lipinski definition) is 6. The molecule has 1 aliphatic rings. The van der Waals surface area contributed by atoms with Gasteiger partial charge in [-0.15, -0.1) is 0 Å². The molecule has 10 heteroatoms. The minimum atomic E-state index is -1.77. The minimum absolute atomic E-state index is 0.172. The first-order chi connectivity index (χ1) is 16.4. The Morgan fingerprint density at radius 1 is 1.11 bits per heavy atom. The minimum Gasteiger partial charge on any atom is -0.415 e. The van der Waals surface area contributed by atoms with Gasteiger partial charge in [0.1, 0.15) is 0 Å². The Bertz CT molecular complexity index is 1080. The van der Waals surface area contributed by atoms with Crippen molar-refractivity contribution in [2.75, 3.05) is 23.8 Å². The number of benzene rings is 2. The summed E-state index contributed by atoms with van der Waals surface area (Å²) in [5.41, 5.74) is 6.24. The second-order valence-electron chi connectivity index (χ2n) is 10.1. The van der Waals surface area contributed by atoms with Crippen molar-refractivity contribution >= 4 is 49.4 Å². The fourth-order valence-corrected chi connectivity index (χ4v) is 4.74. The van der Waals surface area contributed by atoms with Crippen molar-refractivity contribution in [2.45, 2.75) is 50.5 Å². The number of nitrogens with zero attached hydrogens (tertiary/aromatic N) is 1. The summed E-state index contributed by atoms with van der Waals surface area (Å²) in [6.07, 6.45) is 1.34. The molecule has 0 bridgehead atoms. The first-order valence-corrected chi connectivity index (χ1v) is 14.8.